The van der Waals surface area contributed by atoms with Crippen molar-refractivity contribution in [2.24, 2.45) is 0 Å². The number of urea groups is 1. The molecule has 2 N–H and O–H groups in total. The molecule has 7 heteroatoms. The third-order valence-corrected chi connectivity index (χ3v) is 6.65. The van der Waals surface area contributed by atoms with Crippen LogP contribution in [0.3, 0.4) is 0 Å². The van der Waals surface area contributed by atoms with Crippen LogP contribution in [-0.4, -0.2) is 53.9 Å². The highest BCUT2D eigenvalue weighted by atomic mass is 32.2. The molecule has 0 aromatic heterocycles. The van der Waals surface area contributed by atoms with Crippen molar-refractivity contribution >= 4 is 35.1 Å². The van der Waals surface area contributed by atoms with Crippen molar-refractivity contribution in [2.75, 3.05) is 31.4 Å². The highest BCUT2D eigenvalue weighted by Crippen LogP contribution is 2.36. The van der Waals surface area contributed by atoms with Crippen LogP contribution in [0.2, 0.25) is 0 Å². The van der Waals surface area contributed by atoms with E-state index in [0.29, 0.717) is 0 Å². The molecular formula is C23H29N3O3S. The van der Waals surface area contributed by atoms with Gasteiger partial charge in [0.2, 0.25) is 0 Å². The number of thioether (sulfide) groups is 1. The maximum atomic E-state index is 12.7. The molecule has 1 unspecified atom stereocenters. The predicted molar refractivity (Wildman–Crippen MR) is 123 cm³/mol. The van der Waals surface area contributed by atoms with Crippen molar-refractivity contribution in [3.05, 3.63) is 53.6 Å². The molecule has 2 aromatic carbocycles. The van der Waals surface area contributed by atoms with E-state index in [0.717, 1.165) is 29.1 Å². The van der Waals surface area contributed by atoms with Crippen molar-refractivity contribution in [1.82, 2.24) is 4.90 Å². The number of benzene rings is 2. The van der Waals surface area contributed by atoms with Crippen LogP contribution < -0.4 is 10.2 Å². The van der Waals surface area contributed by atoms with Gasteiger partial charge in [0.05, 0.1) is 0 Å². The van der Waals surface area contributed by atoms with Crippen LogP contribution in [0.5, 0.6) is 0 Å². The molecule has 1 atom stereocenters. The van der Waals surface area contributed by atoms with Crippen LogP contribution in [0, 0.1) is 0 Å². The maximum Gasteiger partial charge on any atom is 0.321 e. The minimum atomic E-state index is -0.884. The van der Waals surface area contributed by atoms with Crippen molar-refractivity contribution in [1.29, 1.82) is 0 Å². The molecule has 0 saturated heterocycles. The lowest BCUT2D eigenvalue weighted by molar-refractivity contribution is -0.138. The van der Waals surface area contributed by atoms with Gasteiger partial charge in [0, 0.05) is 43.5 Å². The first-order valence-corrected chi connectivity index (χ1v) is 10.7. The number of amides is 2. The summed E-state index contributed by atoms with van der Waals surface area (Å²) in [6.45, 7) is 3.42. The van der Waals surface area contributed by atoms with E-state index in [4.69, 9.17) is 0 Å². The fourth-order valence-electron chi connectivity index (χ4n) is 3.47. The third-order valence-electron chi connectivity index (χ3n) is 5.48. The number of fused-ring (bicyclic) bond motifs is 1. The molecule has 3 rings (SSSR count). The summed E-state index contributed by atoms with van der Waals surface area (Å²) in [5.41, 5.74) is 4.24. The Bertz CT molecular complexity index is 941. The standard InChI is InChI=1S/C23H29N3O3S/c1-23(2,21(27)28)30-20-11-6-15-12-19(13-16(15)14-20)26(5)22(29)24-17-7-9-18(10-8-17)25(3)4/h6-11,14,19H,12-13H2,1-5H3,(H,24,29)(H,27,28). The Hall–Kier alpha value is -2.67. The zero-order valence-electron chi connectivity index (χ0n) is 18.1. The minimum absolute atomic E-state index is 0.0776. The molecule has 0 bridgehead atoms. The van der Waals surface area contributed by atoms with Gasteiger partial charge < -0.3 is 20.2 Å². The summed E-state index contributed by atoms with van der Waals surface area (Å²) in [4.78, 5) is 28.8. The Kier molecular flexibility index (Phi) is 6.31. The largest absolute Gasteiger partial charge is 0.480 e. The second kappa shape index (κ2) is 8.60. The lowest BCUT2D eigenvalue weighted by atomic mass is 10.1. The number of aliphatic carboxylic acids is 1. The second-order valence-corrected chi connectivity index (χ2v) is 10.1. The smallest absolute Gasteiger partial charge is 0.321 e. The third kappa shape index (κ3) is 4.90. The molecule has 6 nitrogen and oxygen atoms in total. The van der Waals surface area contributed by atoms with Crippen molar-refractivity contribution in [3.63, 3.8) is 0 Å². The molecule has 0 radical (unpaired) electrons. The van der Waals surface area contributed by atoms with Gasteiger partial charge in [-0.25, -0.2) is 4.79 Å². The van der Waals surface area contributed by atoms with Crippen LogP contribution in [0.25, 0.3) is 0 Å². The molecule has 1 aliphatic rings. The number of hydrogen-bond donors (Lipinski definition) is 2. The topological polar surface area (TPSA) is 72.9 Å². The summed E-state index contributed by atoms with van der Waals surface area (Å²) in [6.07, 6.45) is 1.56. The van der Waals surface area contributed by atoms with E-state index >= 15 is 0 Å². The first kappa shape index (κ1) is 22.0. The molecule has 2 aromatic rings. The molecule has 0 saturated carbocycles. The van der Waals surface area contributed by atoms with Gasteiger partial charge in [-0.2, -0.15) is 0 Å². The lowest BCUT2D eigenvalue weighted by Crippen LogP contribution is -2.40. The molecule has 2 amide bonds. The first-order valence-electron chi connectivity index (χ1n) is 9.92. The summed E-state index contributed by atoms with van der Waals surface area (Å²) in [5, 5.41) is 12.3. The highest BCUT2D eigenvalue weighted by Gasteiger charge is 2.31. The molecular weight excluding hydrogens is 398 g/mol. The van der Waals surface area contributed by atoms with E-state index in [-0.39, 0.29) is 12.1 Å². The molecule has 30 heavy (non-hydrogen) atoms. The Labute approximate surface area is 182 Å². The van der Waals surface area contributed by atoms with E-state index in [1.54, 1.807) is 18.7 Å². The van der Waals surface area contributed by atoms with E-state index in [2.05, 4.69) is 17.4 Å². The molecule has 160 valence electrons. The number of nitrogens with zero attached hydrogens (tertiary/aromatic N) is 2. The van der Waals surface area contributed by atoms with Gasteiger partial charge in [0.1, 0.15) is 4.75 Å². The molecule has 0 aliphatic heterocycles. The van der Waals surface area contributed by atoms with Gasteiger partial charge in [-0.15, -0.1) is 11.8 Å². The predicted octanol–water partition coefficient (Wildman–Crippen LogP) is 4.34. The Morgan fingerprint density at radius 2 is 1.67 bits per heavy atom. The Morgan fingerprint density at radius 1 is 1.03 bits per heavy atom. The number of likely N-dealkylation sites (N-methyl/N-ethyl adjacent to an activating group) is 1. The fraction of sp³-hybridized carbons (Fsp3) is 0.391. The summed E-state index contributed by atoms with van der Waals surface area (Å²) >= 11 is 1.34. The van der Waals surface area contributed by atoms with Gasteiger partial charge in [-0.1, -0.05) is 6.07 Å². The van der Waals surface area contributed by atoms with Crippen LogP contribution in [0.1, 0.15) is 25.0 Å². The van der Waals surface area contributed by atoms with Crippen molar-refractivity contribution in [2.45, 2.75) is 42.4 Å². The molecule has 0 heterocycles. The number of hydrogen-bond acceptors (Lipinski definition) is 4. The second-order valence-electron chi connectivity index (χ2n) is 8.39. The number of nitrogens with one attached hydrogen (secondary N) is 1. The van der Waals surface area contributed by atoms with E-state index in [1.165, 1.54) is 22.9 Å². The van der Waals surface area contributed by atoms with E-state index in [1.807, 2.05) is 56.4 Å². The number of rotatable bonds is 6. The van der Waals surface area contributed by atoms with Gasteiger partial charge in [0.15, 0.2) is 0 Å². The van der Waals surface area contributed by atoms with Crippen LogP contribution in [-0.2, 0) is 17.6 Å². The van der Waals surface area contributed by atoms with Gasteiger partial charge in [-0.05, 0) is 74.2 Å². The minimum Gasteiger partial charge on any atom is -0.480 e. The van der Waals surface area contributed by atoms with Crippen LogP contribution in [0.4, 0.5) is 16.2 Å². The number of carboxylic acids is 1. The fourth-order valence-corrected chi connectivity index (χ4v) is 4.48. The van der Waals surface area contributed by atoms with Gasteiger partial charge in [0.25, 0.3) is 0 Å². The summed E-state index contributed by atoms with van der Waals surface area (Å²) < 4.78 is -0.884. The zero-order valence-corrected chi connectivity index (χ0v) is 18.9. The molecule has 0 spiro atoms. The monoisotopic (exact) mass is 427 g/mol. The Morgan fingerprint density at radius 3 is 2.27 bits per heavy atom. The van der Waals surface area contributed by atoms with Crippen LogP contribution >= 0.6 is 11.8 Å². The number of anilines is 2. The van der Waals surface area contributed by atoms with Gasteiger partial charge >= 0.3 is 12.0 Å². The van der Waals surface area contributed by atoms with Gasteiger partial charge in [-0.3, -0.25) is 4.79 Å². The highest BCUT2D eigenvalue weighted by molar-refractivity contribution is 8.01. The maximum absolute atomic E-state index is 12.7. The summed E-state index contributed by atoms with van der Waals surface area (Å²) in [7, 11) is 5.78. The SMILES string of the molecule is CN(C)c1ccc(NC(=O)N(C)C2Cc3ccc(SC(C)(C)C(=O)O)cc3C2)cc1. The average molecular weight is 428 g/mol. The summed E-state index contributed by atoms with van der Waals surface area (Å²) in [5.74, 6) is -0.833. The number of carbonyl (C=O) groups is 2. The summed E-state index contributed by atoms with van der Waals surface area (Å²) in [6, 6.07) is 13.8. The van der Waals surface area contributed by atoms with E-state index < -0.39 is 10.7 Å². The average Bonchev–Trinajstić information content (AvgIpc) is 3.10. The van der Waals surface area contributed by atoms with E-state index in [9.17, 15) is 14.7 Å². The zero-order chi connectivity index (χ0) is 22.1. The van der Waals surface area contributed by atoms with Crippen molar-refractivity contribution < 1.29 is 14.7 Å². The first-order chi connectivity index (χ1) is 14.1. The normalized spacial score (nSPS) is 15.4. The number of carbonyl (C=O) groups excluding carboxylic acids is 1. The Balaban J connectivity index is 1.63. The number of carboxylic acid groups (broad SMARTS) is 1. The quantitative estimate of drug-likeness (QED) is 0.671. The lowest BCUT2D eigenvalue weighted by Gasteiger charge is -2.25. The molecule has 1 aliphatic carbocycles. The van der Waals surface area contributed by atoms with Crippen LogP contribution in [0.15, 0.2) is 47.4 Å². The van der Waals surface area contributed by atoms with Crippen molar-refractivity contribution in [3.8, 4) is 0 Å². The molecule has 0 fully saturated rings.